The van der Waals surface area contributed by atoms with Crippen LogP contribution in [0.25, 0.3) is 0 Å². The second-order valence-electron chi connectivity index (χ2n) is 4.56. The second-order valence-corrected chi connectivity index (χ2v) is 4.56. The molecule has 3 rings (SSSR count). The molecule has 19 heavy (non-hydrogen) atoms. The summed E-state index contributed by atoms with van der Waals surface area (Å²) in [4.78, 5) is 18.9. The Hall–Kier alpha value is -2.43. The average Bonchev–Trinajstić information content (AvgIpc) is 3.19. The van der Waals surface area contributed by atoms with Crippen molar-refractivity contribution in [2.75, 3.05) is 5.32 Å². The number of carbonyl (C=O) groups is 1. The Labute approximate surface area is 110 Å². The minimum atomic E-state index is -1.06. The monoisotopic (exact) mass is 255 g/mol. The SMILES string of the molecule is O=C(O)c1nccnc1NC1CC1c1ccccc1. The van der Waals surface area contributed by atoms with E-state index >= 15 is 0 Å². The topological polar surface area (TPSA) is 75.1 Å². The van der Waals surface area contributed by atoms with E-state index in [2.05, 4.69) is 27.4 Å². The van der Waals surface area contributed by atoms with Gasteiger partial charge in [-0.3, -0.25) is 0 Å². The molecule has 0 saturated heterocycles. The van der Waals surface area contributed by atoms with E-state index in [0.29, 0.717) is 11.7 Å². The molecule has 5 heteroatoms. The first kappa shape index (κ1) is 11.6. The lowest BCUT2D eigenvalue weighted by molar-refractivity contribution is 0.0691. The zero-order valence-electron chi connectivity index (χ0n) is 10.2. The molecule has 0 aliphatic heterocycles. The Morgan fingerprint density at radius 1 is 1.21 bits per heavy atom. The zero-order valence-corrected chi connectivity index (χ0v) is 10.2. The van der Waals surface area contributed by atoms with Crippen molar-refractivity contribution >= 4 is 11.8 Å². The molecule has 0 radical (unpaired) electrons. The predicted octanol–water partition coefficient (Wildman–Crippen LogP) is 2.14. The highest BCUT2D eigenvalue weighted by molar-refractivity contribution is 5.90. The van der Waals surface area contributed by atoms with Crippen molar-refractivity contribution in [1.82, 2.24) is 9.97 Å². The summed E-state index contributed by atoms with van der Waals surface area (Å²) in [6, 6.07) is 10.4. The predicted molar refractivity (Wildman–Crippen MR) is 70.2 cm³/mol. The van der Waals surface area contributed by atoms with Gasteiger partial charge >= 0.3 is 5.97 Å². The summed E-state index contributed by atoms with van der Waals surface area (Å²) < 4.78 is 0. The second kappa shape index (κ2) is 4.68. The van der Waals surface area contributed by atoms with E-state index < -0.39 is 5.97 Å². The third-order valence-corrected chi connectivity index (χ3v) is 3.24. The molecule has 0 bridgehead atoms. The molecule has 5 nitrogen and oxygen atoms in total. The van der Waals surface area contributed by atoms with Gasteiger partial charge in [-0.15, -0.1) is 0 Å². The molecule has 2 atom stereocenters. The summed E-state index contributed by atoms with van der Waals surface area (Å²) in [5.74, 6) is -0.296. The van der Waals surface area contributed by atoms with Crippen LogP contribution in [0, 0.1) is 0 Å². The highest BCUT2D eigenvalue weighted by Crippen LogP contribution is 2.42. The smallest absolute Gasteiger partial charge is 0.358 e. The van der Waals surface area contributed by atoms with Crippen LogP contribution in [0.1, 0.15) is 28.4 Å². The van der Waals surface area contributed by atoms with Crippen LogP contribution in [0.3, 0.4) is 0 Å². The first-order valence-corrected chi connectivity index (χ1v) is 6.11. The lowest BCUT2D eigenvalue weighted by atomic mass is 10.1. The summed E-state index contributed by atoms with van der Waals surface area (Å²) in [6.45, 7) is 0. The maximum Gasteiger partial charge on any atom is 0.358 e. The van der Waals surface area contributed by atoms with Gasteiger partial charge in [0.15, 0.2) is 11.5 Å². The van der Waals surface area contributed by atoms with Crippen LogP contribution in [0.4, 0.5) is 5.82 Å². The van der Waals surface area contributed by atoms with Crippen molar-refractivity contribution in [2.24, 2.45) is 0 Å². The molecule has 2 aromatic rings. The lowest BCUT2D eigenvalue weighted by Crippen LogP contribution is -2.12. The Morgan fingerprint density at radius 2 is 1.95 bits per heavy atom. The van der Waals surface area contributed by atoms with Gasteiger partial charge in [0.2, 0.25) is 0 Å². The van der Waals surface area contributed by atoms with Crippen molar-refractivity contribution < 1.29 is 9.90 Å². The molecular formula is C14H13N3O2. The fraction of sp³-hybridized carbons (Fsp3) is 0.214. The summed E-state index contributed by atoms with van der Waals surface area (Å²) >= 11 is 0. The third kappa shape index (κ3) is 2.40. The van der Waals surface area contributed by atoms with Gasteiger partial charge in [-0.05, 0) is 12.0 Å². The van der Waals surface area contributed by atoms with Crippen molar-refractivity contribution in [3.05, 3.63) is 54.0 Å². The van der Waals surface area contributed by atoms with E-state index in [0.717, 1.165) is 6.42 Å². The number of carboxylic acids is 1. The molecule has 1 aromatic heterocycles. The van der Waals surface area contributed by atoms with Crippen LogP contribution >= 0.6 is 0 Å². The van der Waals surface area contributed by atoms with Crippen LogP contribution in [0.15, 0.2) is 42.7 Å². The Morgan fingerprint density at radius 3 is 2.68 bits per heavy atom. The van der Waals surface area contributed by atoms with Crippen LogP contribution in [0.2, 0.25) is 0 Å². The Bertz CT molecular complexity index is 601. The molecule has 1 heterocycles. The first-order chi connectivity index (χ1) is 9.25. The maximum atomic E-state index is 11.0. The van der Waals surface area contributed by atoms with Gasteiger partial charge in [-0.1, -0.05) is 30.3 Å². The molecule has 1 saturated carbocycles. The van der Waals surface area contributed by atoms with Gasteiger partial charge < -0.3 is 10.4 Å². The maximum absolute atomic E-state index is 11.0. The highest BCUT2D eigenvalue weighted by Gasteiger charge is 2.39. The van der Waals surface area contributed by atoms with Gasteiger partial charge in [0.05, 0.1) is 0 Å². The number of nitrogens with one attached hydrogen (secondary N) is 1. The van der Waals surface area contributed by atoms with Crippen molar-refractivity contribution in [1.29, 1.82) is 0 Å². The van der Waals surface area contributed by atoms with Gasteiger partial charge in [0.25, 0.3) is 0 Å². The van der Waals surface area contributed by atoms with E-state index in [9.17, 15) is 4.79 Å². The summed E-state index contributed by atoms with van der Waals surface area (Å²) in [5.41, 5.74) is 1.24. The van der Waals surface area contributed by atoms with Crippen LogP contribution < -0.4 is 5.32 Å². The molecular weight excluding hydrogens is 242 g/mol. The number of carboxylic acid groups (broad SMARTS) is 1. The zero-order chi connectivity index (χ0) is 13.2. The molecule has 1 fully saturated rings. The fourth-order valence-electron chi connectivity index (χ4n) is 2.20. The molecule has 1 aromatic carbocycles. The summed E-state index contributed by atoms with van der Waals surface area (Å²) in [7, 11) is 0. The lowest BCUT2D eigenvalue weighted by Gasteiger charge is -2.07. The van der Waals surface area contributed by atoms with Gasteiger partial charge in [0.1, 0.15) is 0 Å². The summed E-state index contributed by atoms with van der Waals surface area (Å²) in [6.07, 6.45) is 3.87. The van der Waals surface area contributed by atoms with Crippen LogP contribution in [0.5, 0.6) is 0 Å². The van der Waals surface area contributed by atoms with E-state index in [1.165, 1.54) is 18.0 Å². The number of aromatic carboxylic acids is 1. The molecule has 1 aliphatic carbocycles. The number of aromatic nitrogens is 2. The standard InChI is InChI=1S/C14H13N3O2/c18-14(19)12-13(16-7-6-15-12)17-11-8-10(11)9-4-2-1-3-5-9/h1-7,10-11H,8H2,(H,16,17)(H,18,19). The van der Waals surface area contributed by atoms with Crippen molar-refractivity contribution in [3.8, 4) is 0 Å². The number of anilines is 1. The van der Waals surface area contributed by atoms with Crippen molar-refractivity contribution in [3.63, 3.8) is 0 Å². The molecule has 2 unspecified atom stereocenters. The van der Waals surface area contributed by atoms with Crippen LogP contribution in [-0.2, 0) is 0 Å². The Balaban J connectivity index is 1.73. The number of rotatable bonds is 4. The largest absolute Gasteiger partial charge is 0.476 e. The Kier molecular flexibility index (Phi) is 2.87. The third-order valence-electron chi connectivity index (χ3n) is 3.24. The van der Waals surface area contributed by atoms with Gasteiger partial charge in [-0.2, -0.15) is 0 Å². The molecule has 0 spiro atoms. The number of hydrogen-bond donors (Lipinski definition) is 2. The average molecular weight is 255 g/mol. The van der Waals surface area contributed by atoms with Gasteiger partial charge in [-0.25, -0.2) is 14.8 Å². The van der Waals surface area contributed by atoms with Crippen LogP contribution in [-0.4, -0.2) is 27.1 Å². The van der Waals surface area contributed by atoms with Gasteiger partial charge in [0, 0.05) is 24.4 Å². The fourth-order valence-corrected chi connectivity index (χ4v) is 2.20. The molecule has 1 aliphatic rings. The normalized spacial score (nSPS) is 20.8. The molecule has 96 valence electrons. The first-order valence-electron chi connectivity index (χ1n) is 6.11. The number of benzene rings is 1. The quantitative estimate of drug-likeness (QED) is 0.875. The molecule has 2 N–H and O–H groups in total. The summed E-state index contributed by atoms with van der Waals surface area (Å²) in [5, 5.41) is 12.2. The number of hydrogen-bond acceptors (Lipinski definition) is 4. The van der Waals surface area contributed by atoms with E-state index in [4.69, 9.17) is 5.11 Å². The highest BCUT2D eigenvalue weighted by atomic mass is 16.4. The minimum Gasteiger partial charge on any atom is -0.476 e. The number of nitrogens with zero attached hydrogens (tertiary/aromatic N) is 2. The van der Waals surface area contributed by atoms with Crippen molar-refractivity contribution in [2.45, 2.75) is 18.4 Å². The van der Waals surface area contributed by atoms with E-state index in [1.807, 2.05) is 18.2 Å². The van der Waals surface area contributed by atoms with E-state index in [1.54, 1.807) is 0 Å². The van der Waals surface area contributed by atoms with E-state index in [-0.39, 0.29) is 11.7 Å². The molecule has 0 amide bonds. The minimum absolute atomic E-state index is 0.0267.